The zero-order valence-corrected chi connectivity index (χ0v) is 11.5. The van der Waals surface area contributed by atoms with Crippen LogP contribution in [-0.2, 0) is 0 Å². The molecule has 2 aromatic heterocycles. The summed E-state index contributed by atoms with van der Waals surface area (Å²) in [4.78, 5) is 20.5. The molecular formula is C11H14N6OS. The number of aryl methyl sites for hydroxylation is 1. The summed E-state index contributed by atoms with van der Waals surface area (Å²) in [5, 5.41) is 0.983. The van der Waals surface area contributed by atoms with Crippen LogP contribution in [0.15, 0.2) is 22.6 Å². The Hall–Kier alpha value is -1.96. The summed E-state index contributed by atoms with van der Waals surface area (Å²) < 4.78 is 5.34. The molecule has 0 aliphatic rings. The van der Waals surface area contributed by atoms with Gasteiger partial charge in [-0.15, -0.1) is 0 Å². The molecule has 0 saturated heterocycles. The lowest BCUT2D eigenvalue weighted by Crippen LogP contribution is -2.05. The minimum absolute atomic E-state index is 0.122. The van der Waals surface area contributed by atoms with Gasteiger partial charge in [0.25, 0.3) is 0 Å². The van der Waals surface area contributed by atoms with Crippen molar-refractivity contribution in [2.45, 2.75) is 30.6 Å². The topological polar surface area (TPSA) is 99.7 Å². The molecule has 0 spiro atoms. The number of nitrogens with zero attached hydrogens (tertiary/aromatic N) is 5. The van der Waals surface area contributed by atoms with Crippen LogP contribution in [-0.4, -0.2) is 31.5 Å². The van der Waals surface area contributed by atoms with E-state index in [0.717, 1.165) is 12.1 Å². The summed E-state index contributed by atoms with van der Waals surface area (Å²) in [6.07, 6.45) is 2.55. The quantitative estimate of drug-likeness (QED) is 0.821. The number of hydrogen-bond donors (Lipinski definition) is 1. The van der Waals surface area contributed by atoms with Gasteiger partial charge in [0.15, 0.2) is 5.16 Å². The second-order valence-electron chi connectivity index (χ2n) is 3.69. The van der Waals surface area contributed by atoms with E-state index in [1.807, 2.05) is 19.9 Å². The molecule has 0 aliphatic heterocycles. The van der Waals surface area contributed by atoms with Crippen LogP contribution < -0.4 is 10.5 Å². The number of nitrogen functional groups attached to an aromatic ring is 1. The van der Waals surface area contributed by atoms with Crippen molar-refractivity contribution < 1.29 is 4.74 Å². The molecular weight excluding hydrogens is 264 g/mol. The Balaban J connectivity index is 2.17. The summed E-state index contributed by atoms with van der Waals surface area (Å²) in [6.45, 7) is 4.43. The van der Waals surface area contributed by atoms with Crippen molar-refractivity contribution in [2.24, 2.45) is 0 Å². The van der Waals surface area contributed by atoms with Crippen LogP contribution in [0.5, 0.6) is 6.01 Å². The number of anilines is 1. The van der Waals surface area contributed by atoms with Crippen LogP contribution in [0.2, 0.25) is 0 Å². The van der Waals surface area contributed by atoms with Crippen molar-refractivity contribution in [2.75, 3.05) is 12.3 Å². The van der Waals surface area contributed by atoms with Gasteiger partial charge < -0.3 is 10.5 Å². The Morgan fingerprint density at radius 3 is 2.79 bits per heavy atom. The first-order valence-electron chi connectivity index (χ1n) is 5.79. The molecule has 0 aliphatic carbocycles. The summed E-state index contributed by atoms with van der Waals surface area (Å²) >= 11 is 1.22. The minimum Gasteiger partial charge on any atom is -0.463 e. The zero-order chi connectivity index (χ0) is 13.7. The molecule has 2 rings (SSSR count). The molecule has 19 heavy (non-hydrogen) atoms. The number of hydrogen-bond acceptors (Lipinski definition) is 8. The highest BCUT2D eigenvalue weighted by Crippen LogP contribution is 2.22. The first-order chi connectivity index (χ1) is 9.17. The Morgan fingerprint density at radius 2 is 2.05 bits per heavy atom. The van der Waals surface area contributed by atoms with Crippen LogP contribution >= 0.6 is 11.8 Å². The van der Waals surface area contributed by atoms with Crippen LogP contribution in [0.4, 0.5) is 5.95 Å². The highest BCUT2D eigenvalue weighted by atomic mass is 32.2. The fraction of sp³-hybridized carbons (Fsp3) is 0.364. The van der Waals surface area contributed by atoms with E-state index in [0.29, 0.717) is 16.9 Å². The van der Waals surface area contributed by atoms with E-state index in [9.17, 15) is 0 Å². The van der Waals surface area contributed by atoms with Crippen molar-refractivity contribution in [3.05, 3.63) is 18.0 Å². The van der Waals surface area contributed by atoms with Gasteiger partial charge in [-0.05, 0) is 31.2 Å². The maximum Gasteiger partial charge on any atom is 0.322 e. The van der Waals surface area contributed by atoms with Crippen molar-refractivity contribution in [3.8, 4) is 6.01 Å². The Labute approximate surface area is 115 Å². The molecule has 2 N–H and O–H groups in total. The average Bonchev–Trinajstić information content (AvgIpc) is 2.35. The second-order valence-corrected chi connectivity index (χ2v) is 4.62. The maximum atomic E-state index is 5.62. The molecule has 2 heterocycles. The zero-order valence-electron chi connectivity index (χ0n) is 10.7. The van der Waals surface area contributed by atoms with Gasteiger partial charge in [0.2, 0.25) is 11.1 Å². The molecule has 0 amide bonds. The highest BCUT2D eigenvalue weighted by molar-refractivity contribution is 7.99. The predicted molar refractivity (Wildman–Crippen MR) is 70.9 cm³/mol. The van der Waals surface area contributed by atoms with E-state index in [4.69, 9.17) is 10.5 Å². The predicted octanol–water partition coefficient (Wildman–Crippen LogP) is 1.49. The van der Waals surface area contributed by atoms with E-state index in [-0.39, 0.29) is 12.0 Å². The standard InChI is InChI=1S/C11H14N6OS/c1-3-6-18-9-15-8(12)16-11(17-9)19-10-13-5-4-7(2)14-10/h4-5H,3,6H2,1-2H3,(H2,12,15,16,17). The lowest BCUT2D eigenvalue weighted by molar-refractivity contribution is 0.288. The van der Waals surface area contributed by atoms with Crippen molar-refractivity contribution >= 4 is 17.7 Å². The van der Waals surface area contributed by atoms with Gasteiger partial charge in [-0.2, -0.15) is 15.0 Å². The van der Waals surface area contributed by atoms with Crippen LogP contribution in [0.3, 0.4) is 0 Å². The minimum atomic E-state index is 0.122. The maximum absolute atomic E-state index is 5.62. The number of aromatic nitrogens is 5. The molecule has 0 bridgehead atoms. The largest absolute Gasteiger partial charge is 0.463 e. The summed E-state index contributed by atoms with van der Waals surface area (Å²) in [6, 6.07) is 2.05. The molecule has 100 valence electrons. The van der Waals surface area contributed by atoms with Crippen molar-refractivity contribution in [1.29, 1.82) is 0 Å². The van der Waals surface area contributed by atoms with E-state index < -0.39 is 0 Å². The fourth-order valence-corrected chi connectivity index (χ4v) is 1.94. The first kappa shape index (κ1) is 13.5. The molecule has 7 nitrogen and oxygen atoms in total. The molecule has 8 heteroatoms. The van der Waals surface area contributed by atoms with Crippen molar-refractivity contribution in [3.63, 3.8) is 0 Å². The monoisotopic (exact) mass is 278 g/mol. The van der Waals surface area contributed by atoms with Gasteiger partial charge >= 0.3 is 6.01 Å². The molecule has 0 saturated carbocycles. The average molecular weight is 278 g/mol. The SMILES string of the molecule is CCCOc1nc(N)nc(Sc2nccc(C)n2)n1. The van der Waals surface area contributed by atoms with Crippen LogP contribution in [0, 0.1) is 6.92 Å². The number of nitrogens with two attached hydrogens (primary N) is 1. The molecule has 0 radical (unpaired) electrons. The molecule has 0 aromatic carbocycles. The van der Waals surface area contributed by atoms with Crippen molar-refractivity contribution in [1.82, 2.24) is 24.9 Å². The van der Waals surface area contributed by atoms with E-state index in [1.54, 1.807) is 6.20 Å². The summed E-state index contributed by atoms with van der Waals surface area (Å²) in [7, 11) is 0. The third kappa shape index (κ3) is 4.02. The van der Waals surface area contributed by atoms with E-state index in [2.05, 4.69) is 24.9 Å². The first-order valence-corrected chi connectivity index (χ1v) is 6.61. The van der Waals surface area contributed by atoms with Gasteiger partial charge in [-0.3, -0.25) is 0 Å². The normalized spacial score (nSPS) is 10.4. The van der Waals surface area contributed by atoms with Crippen LogP contribution in [0.25, 0.3) is 0 Å². The Morgan fingerprint density at radius 1 is 1.21 bits per heavy atom. The third-order valence-corrected chi connectivity index (χ3v) is 2.75. The van der Waals surface area contributed by atoms with Gasteiger partial charge in [-0.1, -0.05) is 6.92 Å². The Bertz CT molecular complexity index is 565. The molecule has 0 fully saturated rings. The Kier molecular flexibility index (Phi) is 4.45. The van der Waals surface area contributed by atoms with Gasteiger partial charge in [0, 0.05) is 11.9 Å². The van der Waals surface area contributed by atoms with Gasteiger partial charge in [-0.25, -0.2) is 9.97 Å². The van der Waals surface area contributed by atoms with Crippen LogP contribution in [0.1, 0.15) is 19.0 Å². The second kappa shape index (κ2) is 6.28. The number of rotatable bonds is 5. The fourth-order valence-electron chi connectivity index (χ4n) is 1.21. The van der Waals surface area contributed by atoms with E-state index >= 15 is 0 Å². The molecule has 2 aromatic rings. The highest BCUT2D eigenvalue weighted by Gasteiger charge is 2.09. The van der Waals surface area contributed by atoms with Gasteiger partial charge in [0.1, 0.15) is 0 Å². The lowest BCUT2D eigenvalue weighted by atomic mass is 10.5. The number of ether oxygens (including phenoxy) is 1. The smallest absolute Gasteiger partial charge is 0.322 e. The third-order valence-electron chi connectivity index (χ3n) is 2.00. The van der Waals surface area contributed by atoms with E-state index in [1.165, 1.54) is 11.8 Å². The lowest BCUT2D eigenvalue weighted by Gasteiger charge is -2.04. The summed E-state index contributed by atoms with van der Waals surface area (Å²) in [5.74, 6) is 0.122. The summed E-state index contributed by atoms with van der Waals surface area (Å²) in [5.41, 5.74) is 6.50. The molecule has 0 atom stereocenters. The molecule has 0 unspecified atom stereocenters. The van der Waals surface area contributed by atoms with Gasteiger partial charge in [0.05, 0.1) is 6.61 Å².